The molecule has 0 bridgehead atoms. The standard InChI is InChI=1S/C10H9N3O3/c1-15-10(14)6-2-3-7(12-5-6)8-4-9(11)13-16-8/h2-5H,1H3,(H2,11,13). The molecular formula is C10H9N3O3. The SMILES string of the molecule is COC(=O)c1ccc(-c2cc(N)no2)nc1. The lowest BCUT2D eigenvalue weighted by atomic mass is 10.2. The van der Waals surface area contributed by atoms with Crippen LogP contribution in [0.1, 0.15) is 10.4 Å². The first-order chi connectivity index (χ1) is 7.70. The van der Waals surface area contributed by atoms with Crippen molar-refractivity contribution in [3.8, 4) is 11.5 Å². The third-order valence-electron chi connectivity index (χ3n) is 1.97. The topological polar surface area (TPSA) is 91.2 Å². The van der Waals surface area contributed by atoms with E-state index in [1.165, 1.54) is 13.3 Å². The number of esters is 1. The molecular weight excluding hydrogens is 210 g/mol. The highest BCUT2D eigenvalue weighted by Crippen LogP contribution is 2.18. The van der Waals surface area contributed by atoms with Crippen molar-refractivity contribution in [2.45, 2.75) is 0 Å². The quantitative estimate of drug-likeness (QED) is 0.760. The molecule has 0 saturated heterocycles. The maximum absolute atomic E-state index is 11.1. The summed E-state index contributed by atoms with van der Waals surface area (Å²) in [7, 11) is 1.31. The van der Waals surface area contributed by atoms with Crippen molar-refractivity contribution < 1.29 is 14.1 Å². The van der Waals surface area contributed by atoms with Gasteiger partial charge >= 0.3 is 5.97 Å². The molecule has 0 amide bonds. The van der Waals surface area contributed by atoms with Crippen molar-refractivity contribution in [3.05, 3.63) is 30.0 Å². The normalized spacial score (nSPS) is 10.1. The highest BCUT2D eigenvalue weighted by molar-refractivity contribution is 5.89. The van der Waals surface area contributed by atoms with Crippen LogP contribution in [0.15, 0.2) is 28.9 Å². The number of nitrogens with zero attached hydrogens (tertiary/aromatic N) is 2. The number of anilines is 1. The third-order valence-corrected chi connectivity index (χ3v) is 1.97. The van der Waals surface area contributed by atoms with Crippen LogP contribution < -0.4 is 5.73 Å². The lowest BCUT2D eigenvalue weighted by Gasteiger charge is -1.98. The van der Waals surface area contributed by atoms with Crippen LogP contribution in [0.3, 0.4) is 0 Å². The molecule has 6 nitrogen and oxygen atoms in total. The Labute approximate surface area is 91.0 Å². The minimum Gasteiger partial charge on any atom is -0.465 e. The zero-order valence-electron chi connectivity index (χ0n) is 8.51. The monoisotopic (exact) mass is 219 g/mol. The summed E-state index contributed by atoms with van der Waals surface area (Å²) in [6.07, 6.45) is 1.40. The molecule has 6 heteroatoms. The maximum atomic E-state index is 11.1. The van der Waals surface area contributed by atoms with Crippen LogP contribution in [0.4, 0.5) is 5.82 Å². The Hall–Kier alpha value is -2.37. The number of hydrogen-bond acceptors (Lipinski definition) is 6. The molecule has 0 fully saturated rings. The molecule has 0 aliphatic carbocycles. The van der Waals surface area contributed by atoms with Gasteiger partial charge in [0, 0.05) is 12.3 Å². The molecule has 0 aliphatic rings. The second kappa shape index (κ2) is 4.01. The summed E-state index contributed by atoms with van der Waals surface area (Å²) in [4.78, 5) is 15.2. The molecule has 2 rings (SSSR count). The Balaban J connectivity index is 2.29. The van der Waals surface area contributed by atoms with Crippen LogP contribution in [0.25, 0.3) is 11.5 Å². The summed E-state index contributed by atoms with van der Waals surface area (Å²) in [5, 5.41) is 3.54. The van der Waals surface area contributed by atoms with Crippen molar-refractivity contribution in [3.63, 3.8) is 0 Å². The summed E-state index contributed by atoms with van der Waals surface area (Å²) < 4.78 is 9.47. The van der Waals surface area contributed by atoms with Gasteiger partial charge in [-0.05, 0) is 12.1 Å². The highest BCUT2D eigenvalue weighted by Gasteiger charge is 2.09. The molecule has 0 spiro atoms. The first-order valence-electron chi connectivity index (χ1n) is 4.47. The summed E-state index contributed by atoms with van der Waals surface area (Å²) in [6.45, 7) is 0. The first kappa shape index (κ1) is 10.2. The van der Waals surface area contributed by atoms with E-state index in [2.05, 4.69) is 14.9 Å². The molecule has 0 atom stereocenters. The van der Waals surface area contributed by atoms with Gasteiger partial charge in [-0.2, -0.15) is 0 Å². The lowest BCUT2D eigenvalue weighted by molar-refractivity contribution is 0.0600. The summed E-state index contributed by atoms with van der Waals surface area (Å²) in [6, 6.07) is 4.78. The van der Waals surface area contributed by atoms with Crippen molar-refractivity contribution in [2.24, 2.45) is 0 Å². The number of rotatable bonds is 2. The molecule has 0 unspecified atom stereocenters. The molecule has 2 heterocycles. The van der Waals surface area contributed by atoms with Gasteiger partial charge in [0.05, 0.1) is 12.7 Å². The van der Waals surface area contributed by atoms with Gasteiger partial charge in [0.15, 0.2) is 11.6 Å². The minimum absolute atomic E-state index is 0.286. The molecule has 0 aliphatic heterocycles. The van der Waals surface area contributed by atoms with Crippen LogP contribution >= 0.6 is 0 Å². The predicted octanol–water partition coefficient (Wildman–Crippen LogP) is 1.11. The smallest absolute Gasteiger partial charge is 0.339 e. The molecule has 0 radical (unpaired) electrons. The zero-order valence-corrected chi connectivity index (χ0v) is 8.51. The fourth-order valence-electron chi connectivity index (χ4n) is 1.19. The van der Waals surface area contributed by atoms with Crippen LogP contribution in [0.5, 0.6) is 0 Å². The lowest BCUT2D eigenvalue weighted by Crippen LogP contribution is -2.01. The average molecular weight is 219 g/mol. The van der Waals surface area contributed by atoms with Gasteiger partial charge in [-0.3, -0.25) is 4.98 Å². The summed E-state index contributed by atoms with van der Waals surface area (Å²) in [5.41, 5.74) is 6.34. The summed E-state index contributed by atoms with van der Waals surface area (Å²) >= 11 is 0. The second-order valence-electron chi connectivity index (χ2n) is 3.04. The predicted molar refractivity (Wildman–Crippen MR) is 55.5 cm³/mol. The van der Waals surface area contributed by atoms with E-state index in [0.717, 1.165) is 0 Å². The Morgan fingerprint density at radius 3 is 2.81 bits per heavy atom. The second-order valence-corrected chi connectivity index (χ2v) is 3.04. The van der Waals surface area contributed by atoms with Crippen molar-refractivity contribution in [1.29, 1.82) is 0 Å². The van der Waals surface area contributed by atoms with E-state index in [0.29, 0.717) is 17.0 Å². The molecule has 2 N–H and O–H groups in total. The third kappa shape index (κ3) is 1.85. The van der Waals surface area contributed by atoms with Crippen LogP contribution in [0.2, 0.25) is 0 Å². The number of pyridine rings is 1. The fourth-order valence-corrected chi connectivity index (χ4v) is 1.19. The molecule has 2 aromatic heterocycles. The van der Waals surface area contributed by atoms with E-state index in [1.54, 1.807) is 18.2 Å². The van der Waals surface area contributed by atoms with E-state index in [-0.39, 0.29) is 5.82 Å². The largest absolute Gasteiger partial charge is 0.465 e. The van der Waals surface area contributed by atoms with E-state index >= 15 is 0 Å². The van der Waals surface area contributed by atoms with Gasteiger partial charge in [0.1, 0.15) is 5.69 Å². The molecule has 16 heavy (non-hydrogen) atoms. The van der Waals surface area contributed by atoms with Crippen LogP contribution in [-0.2, 0) is 4.74 Å². The average Bonchev–Trinajstić information content (AvgIpc) is 2.75. The van der Waals surface area contributed by atoms with E-state index in [1.807, 2.05) is 0 Å². The highest BCUT2D eigenvalue weighted by atomic mass is 16.5. The number of ether oxygens (including phenoxy) is 1. The van der Waals surface area contributed by atoms with Crippen molar-refractivity contribution in [2.75, 3.05) is 12.8 Å². The molecule has 0 saturated carbocycles. The van der Waals surface area contributed by atoms with E-state index in [9.17, 15) is 4.79 Å². The first-order valence-corrected chi connectivity index (χ1v) is 4.47. The van der Waals surface area contributed by atoms with Crippen molar-refractivity contribution in [1.82, 2.24) is 10.1 Å². The summed E-state index contributed by atoms with van der Waals surface area (Å²) in [5.74, 6) is 0.305. The Bertz CT molecular complexity index is 504. The molecule has 0 aromatic carbocycles. The van der Waals surface area contributed by atoms with Crippen LogP contribution in [-0.4, -0.2) is 23.2 Å². The number of methoxy groups -OCH3 is 1. The number of carbonyl (C=O) groups excluding carboxylic acids is 1. The number of carbonyl (C=O) groups is 1. The van der Waals surface area contributed by atoms with E-state index in [4.69, 9.17) is 10.3 Å². The van der Waals surface area contributed by atoms with Gasteiger partial charge < -0.3 is 15.0 Å². The number of nitrogen functional groups attached to an aromatic ring is 1. The van der Waals surface area contributed by atoms with Gasteiger partial charge in [-0.15, -0.1) is 0 Å². The Morgan fingerprint density at radius 1 is 1.50 bits per heavy atom. The zero-order chi connectivity index (χ0) is 11.5. The number of aromatic nitrogens is 2. The number of hydrogen-bond donors (Lipinski definition) is 1. The van der Waals surface area contributed by atoms with E-state index < -0.39 is 5.97 Å². The molecule has 2 aromatic rings. The molecule has 82 valence electrons. The Morgan fingerprint density at radius 2 is 2.31 bits per heavy atom. The minimum atomic E-state index is -0.434. The number of nitrogens with two attached hydrogens (primary N) is 1. The van der Waals surface area contributed by atoms with Crippen LogP contribution in [0, 0.1) is 0 Å². The van der Waals surface area contributed by atoms with Gasteiger partial charge in [0.25, 0.3) is 0 Å². The van der Waals surface area contributed by atoms with Crippen molar-refractivity contribution >= 4 is 11.8 Å². The van der Waals surface area contributed by atoms with Gasteiger partial charge in [-0.1, -0.05) is 5.16 Å². The Kier molecular flexibility index (Phi) is 2.55. The van der Waals surface area contributed by atoms with Gasteiger partial charge in [0.2, 0.25) is 0 Å². The fraction of sp³-hybridized carbons (Fsp3) is 0.100. The van der Waals surface area contributed by atoms with Gasteiger partial charge in [-0.25, -0.2) is 4.79 Å². The maximum Gasteiger partial charge on any atom is 0.339 e.